The van der Waals surface area contributed by atoms with Gasteiger partial charge in [-0.05, 0) is 37.5 Å². The summed E-state index contributed by atoms with van der Waals surface area (Å²) in [5.41, 5.74) is 0. The summed E-state index contributed by atoms with van der Waals surface area (Å²) in [6.45, 7) is 1.49. The second-order valence-electron chi connectivity index (χ2n) is 6.30. The molecule has 0 aliphatic carbocycles. The van der Waals surface area contributed by atoms with Crippen molar-refractivity contribution in [3.63, 3.8) is 0 Å². The molecule has 12 heteroatoms. The third-order valence-corrected chi connectivity index (χ3v) is 5.67. The van der Waals surface area contributed by atoms with Crippen LogP contribution in [0.3, 0.4) is 0 Å². The van der Waals surface area contributed by atoms with Gasteiger partial charge in [-0.1, -0.05) is 0 Å². The molecule has 1 saturated heterocycles. The number of carbonyl (C=O) groups excluding carboxylic acids is 1. The number of H-pyrrole nitrogens is 1. The van der Waals surface area contributed by atoms with E-state index >= 15 is 0 Å². The van der Waals surface area contributed by atoms with Crippen molar-refractivity contribution in [2.75, 3.05) is 29.9 Å². The van der Waals surface area contributed by atoms with Crippen molar-refractivity contribution in [1.29, 1.82) is 0 Å². The number of nitrogens with zero attached hydrogens (tertiary/aromatic N) is 3. The van der Waals surface area contributed by atoms with Crippen LogP contribution in [0.25, 0.3) is 0 Å². The molecule has 1 aromatic carbocycles. The van der Waals surface area contributed by atoms with Gasteiger partial charge in [0, 0.05) is 26.1 Å². The van der Waals surface area contributed by atoms with E-state index in [0.29, 0.717) is 12.0 Å². The molecule has 2 heterocycles. The average Bonchev–Trinajstić information content (AvgIpc) is 3.13. The molecule has 152 valence electrons. The van der Waals surface area contributed by atoms with Gasteiger partial charge in [-0.15, -0.1) is 5.10 Å². The van der Waals surface area contributed by atoms with Crippen LogP contribution in [0, 0.1) is 11.6 Å². The molecule has 28 heavy (non-hydrogen) atoms. The first kappa shape index (κ1) is 20.1. The summed E-state index contributed by atoms with van der Waals surface area (Å²) in [6, 6.07) is 2.24. The number of halogens is 2. The number of anilines is 2. The van der Waals surface area contributed by atoms with Gasteiger partial charge >= 0.3 is 0 Å². The van der Waals surface area contributed by atoms with Gasteiger partial charge in [-0.25, -0.2) is 27.0 Å². The van der Waals surface area contributed by atoms with Crippen molar-refractivity contribution in [3.05, 3.63) is 29.8 Å². The van der Waals surface area contributed by atoms with Crippen LogP contribution in [0.4, 0.5) is 20.7 Å². The highest BCUT2D eigenvalue weighted by Gasteiger charge is 2.18. The van der Waals surface area contributed by atoms with Crippen LogP contribution in [0.15, 0.2) is 23.1 Å². The number of piperidine rings is 1. The van der Waals surface area contributed by atoms with Crippen molar-refractivity contribution < 1.29 is 22.0 Å². The fourth-order valence-corrected chi connectivity index (χ4v) is 3.81. The normalized spacial score (nSPS) is 14.9. The molecule has 1 fully saturated rings. The van der Waals surface area contributed by atoms with Crippen molar-refractivity contribution in [2.24, 2.45) is 0 Å². The molecule has 0 bridgehead atoms. The van der Waals surface area contributed by atoms with E-state index < -0.39 is 32.5 Å². The molecule has 9 nitrogen and oxygen atoms in total. The predicted molar refractivity (Wildman–Crippen MR) is 97.2 cm³/mol. The maximum atomic E-state index is 13.2. The highest BCUT2D eigenvalue weighted by atomic mass is 32.2. The summed E-state index contributed by atoms with van der Waals surface area (Å²) in [4.78, 5) is 17.8. The van der Waals surface area contributed by atoms with Gasteiger partial charge in [-0.3, -0.25) is 10.1 Å². The first-order valence-corrected chi connectivity index (χ1v) is 10.3. The number of rotatable bonds is 7. The minimum absolute atomic E-state index is 0.175. The predicted octanol–water partition coefficient (Wildman–Crippen LogP) is 1.38. The van der Waals surface area contributed by atoms with Crippen molar-refractivity contribution in [1.82, 2.24) is 19.9 Å². The van der Waals surface area contributed by atoms with Gasteiger partial charge in [0.05, 0.1) is 4.90 Å². The Hall–Kier alpha value is -2.60. The number of hydrogen-bond donors (Lipinski definition) is 3. The van der Waals surface area contributed by atoms with Crippen LogP contribution >= 0.6 is 0 Å². The Morgan fingerprint density at radius 3 is 2.64 bits per heavy atom. The zero-order valence-corrected chi connectivity index (χ0v) is 15.7. The van der Waals surface area contributed by atoms with E-state index in [9.17, 15) is 22.0 Å². The number of amides is 1. The molecular weight excluding hydrogens is 394 g/mol. The second kappa shape index (κ2) is 8.61. The summed E-state index contributed by atoms with van der Waals surface area (Å²) in [6.07, 6.45) is 3.12. The van der Waals surface area contributed by atoms with E-state index in [-0.39, 0.29) is 18.9 Å². The highest BCUT2D eigenvalue weighted by Crippen LogP contribution is 2.16. The molecule has 2 aromatic rings. The maximum Gasteiger partial charge on any atom is 0.246 e. The number of sulfonamides is 1. The van der Waals surface area contributed by atoms with Crippen LogP contribution in [0.2, 0.25) is 0 Å². The Labute approximate surface area is 160 Å². The molecule has 3 N–H and O–H groups in total. The zero-order chi connectivity index (χ0) is 20.1. The molecule has 0 saturated carbocycles. The lowest BCUT2D eigenvalue weighted by atomic mass is 10.1. The number of hydrogen-bond acceptors (Lipinski definition) is 6. The Bertz CT molecular complexity index is 944. The molecular formula is C16H20F2N6O3S. The summed E-state index contributed by atoms with van der Waals surface area (Å²) < 4.78 is 52.4. The zero-order valence-electron chi connectivity index (χ0n) is 14.9. The highest BCUT2D eigenvalue weighted by molar-refractivity contribution is 7.89. The van der Waals surface area contributed by atoms with Crippen LogP contribution in [0.5, 0.6) is 0 Å². The lowest BCUT2D eigenvalue weighted by Crippen LogP contribution is -2.30. The number of carbonyl (C=O) groups is 1. The first-order valence-electron chi connectivity index (χ1n) is 8.77. The fraction of sp³-hybridized carbons (Fsp3) is 0.438. The van der Waals surface area contributed by atoms with Gasteiger partial charge in [0.1, 0.15) is 0 Å². The number of aromatic nitrogens is 3. The second-order valence-corrected chi connectivity index (χ2v) is 8.07. The molecule has 0 radical (unpaired) electrons. The molecule has 1 aliphatic rings. The smallest absolute Gasteiger partial charge is 0.246 e. The van der Waals surface area contributed by atoms with Crippen LogP contribution in [-0.4, -0.2) is 49.1 Å². The van der Waals surface area contributed by atoms with Crippen molar-refractivity contribution in [3.8, 4) is 0 Å². The van der Waals surface area contributed by atoms with Crippen LogP contribution in [-0.2, 0) is 14.8 Å². The summed E-state index contributed by atoms with van der Waals surface area (Å²) in [7, 11) is -4.06. The lowest BCUT2D eigenvalue weighted by Gasteiger charge is -2.24. The molecule has 3 rings (SSSR count). The van der Waals surface area contributed by atoms with Gasteiger partial charge in [0.15, 0.2) is 11.6 Å². The Kier molecular flexibility index (Phi) is 6.19. The Balaban J connectivity index is 1.49. The van der Waals surface area contributed by atoms with E-state index in [0.717, 1.165) is 38.1 Å². The summed E-state index contributed by atoms with van der Waals surface area (Å²) >= 11 is 0. The van der Waals surface area contributed by atoms with E-state index in [1.54, 1.807) is 0 Å². The van der Waals surface area contributed by atoms with Gasteiger partial charge in [0.2, 0.25) is 27.8 Å². The summed E-state index contributed by atoms with van der Waals surface area (Å²) in [5.74, 6) is -2.21. The van der Waals surface area contributed by atoms with E-state index in [1.165, 1.54) is 6.42 Å². The standard InChI is InChI=1S/C16H20F2N6O3S/c17-12-5-4-11(10-13(12)18)28(26,27)19-7-6-14(25)20-15-21-16(23-22-15)24-8-2-1-3-9-24/h4-5,10,19H,1-3,6-9H2,(H2,20,21,22,23,25). The topological polar surface area (TPSA) is 120 Å². The first-order chi connectivity index (χ1) is 13.3. The van der Waals surface area contributed by atoms with E-state index in [1.807, 2.05) is 4.90 Å². The lowest BCUT2D eigenvalue weighted by molar-refractivity contribution is -0.116. The quantitative estimate of drug-likeness (QED) is 0.630. The minimum atomic E-state index is -4.06. The van der Waals surface area contributed by atoms with Gasteiger partial charge in [0.25, 0.3) is 0 Å². The third kappa shape index (κ3) is 5.01. The third-order valence-electron chi connectivity index (χ3n) is 4.22. The molecule has 1 amide bonds. The van der Waals surface area contributed by atoms with Crippen LogP contribution in [0.1, 0.15) is 25.7 Å². The monoisotopic (exact) mass is 414 g/mol. The Morgan fingerprint density at radius 1 is 1.18 bits per heavy atom. The van der Waals surface area contributed by atoms with E-state index in [2.05, 4.69) is 25.2 Å². The largest absolute Gasteiger partial charge is 0.340 e. The van der Waals surface area contributed by atoms with E-state index in [4.69, 9.17) is 0 Å². The molecule has 1 aromatic heterocycles. The Morgan fingerprint density at radius 2 is 1.93 bits per heavy atom. The average molecular weight is 414 g/mol. The SMILES string of the molecule is O=C(CCNS(=O)(=O)c1ccc(F)c(F)c1)Nc1nc(N2CCCCC2)n[nH]1. The minimum Gasteiger partial charge on any atom is -0.340 e. The van der Waals surface area contributed by atoms with Gasteiger partial charge < -0.3 is 4.90 Å². The van der Waals surface area contributed by atoms with Crippen molar-refractivity contribution >= 4 is 27.8 Å². The maximum absolute atomic E-state index is 13.2. The van der Waals surface area contributed by atoms with Crippen LogP contribution < -0.4 is 14.9 Å². The fourth-order valence-electron chi connectivity index (χ4n) is 2.77. The molecule has 0 unspecified atom stereocenters. The molecule has 1 aliphatic heterocycles. The number of benzene rings is 1. The van der Waals surface area contributed by atoms with Gasteiger partial charge in [-0.2, -0.15) is 4.98 Å². The van der Waals surface area contributed by atoms with Crippen molar-refractivity contribution in [2.45, 2.75) is 30.6 Å². The molecule has 0 spiro atoms. The number of nitrogens with one attached hydrogen (secondary N) is 3. The number of aromatic amines is 1. The molecule has 0 atom stereocenters. The summed E-state index contributed by atoms with van der Waals surface area (Å²) in [5, 5.41) is 9.20.